The molecule has 0 aliphatic carbocycles. The van der Waals surface area contributed by atoms with Crippen LogP contribution in [0.3, 0.4) is 0 Å². The number of hydrogen-bond acceptors (Lipinski definition) is 2. The summed E-state index contributed by atoms with van der Waals surface area (Å²) in [5.74, 6) is 0.998. The fraction of sp³-hybridized carbons (Fsp3) is 0.579. The van der Waals surface area contributed by atoms with Crippen molar-refractivity contribution in [2.45, 2.75) is 59.4 Å². The molecule has 1 aromatic heterocycles. The number of hydrogen-bond donors (Lipinski definition) is 1. The van der Waals surface area contributed by atoms with Crippen molar-refractivity contribution < 1.29 is 4.42 Å². The molecule has 1 heterocycles. The van der Waals surface area contributed by atoms with Crippen LogP contribution in [-0.4, -0.2) is 7.05 Å². The normalized spacial score (nSPS) is 14.6. The van der Waals surface area contributed by atoms with Crippen molar-refractivity contribution >= 4 is 11.0 Å². The average Bonchev–Trinajstić information content (AvgIpc) is 2.77. The minimum atomic E-state index is 0.165. The van der Waals surface area contributed by atoms with Crippen molar-refractivity contribution in [1.29, 1.82) is 0 Å². The maximum atomic E-state index is 5.93. The molecule has 0 bridgehead atoms. The number of benzene rings is 1. The van der Waals surface area contributed by atoms with Crippen molar-refractivity contribution in [1.82, 2.24) is 5.32 Å². The maximum Gasteiger partial charge on any atom is 0.134 e. The third-order valence-electron chi connectivity index (χ3n) is 4.15. The highest BCUT2D eigenvalue weighted by atomic mass is 16.3. The zero-order valence-electron chi connectivity index (χ0n) is 14.5. The Morgan fingerprint density at radius 1 is 1.10 bits per heavy atom. The lowest BCUT2D eigenvalue weighted by Crippen LogP contribution is -2.24. The fourth-order valence-corrected chi connectivity index (χ4v) is 3.27. The smallest absolute Gasteiger partial charge is 0.134 e. The van der Waals surface area contributed by atoms with E-state index in [1.54, 1.807) is 0 Å². The highest BCUT2D eigenvalue weighted by molar-refractivity contribution is 5.79. The second-order valence-electron chi connectivity index (χ2n) is 8.03. The summed E-state index contributed by atoms with van der Waals surface area (Å²) in [6.45, 7) is 13.7. The summed E-state index contributed by atoms with van der Waals surface area (Å²) in [5, 5.41) is 4.42. The lowest BCUT2D eigenvalue weighted by atomic mass is 9.72. The van der Waals surface area contributed by atoms with Gasteiger partial charge in [-0.15, -0.1) is 0 Å². The Labute approximate surface area is 128 Å². The van der Waals surface area contributed by atoms with Crippen molar-refractivity contribution in [2.75, 3.05) is 7.05 Å². The molecule has 2 nitrogen and oxygen atoms in total. The van der Waals surface area contributed by atoms with Crippen LogP contribution >= 0.6 is 0 Å². The van der Waals surface area contributed by atoms with Gasteiger partial charge < -0.3 is 9.73 Å². The SMILES string of the molecule is CNC(C)c1cc2cc(C(C)(C)CC(C)(C)C)ccc2o1. The Morgan fingerprint density at radius 3 is 2.33 bits per heavy atom. The summed E-state index contributed by atoms with van der Waals surface area (Å²) in [6, 6.07) is 9.01. The van der Waals surface area contributed by atoms with E-state index in [4.69, 9.17) is 4.42 Å². The van der Waals surface area contributed by atoms with Gasteiger partial charge in [-0.2, -0.15) is 0 Å². The monoisotopic (exact) mass is 287 g/mol. The summed E-state index contributed by atoms with van der Waals surface area (Å²) < 4.78 is 5.93. The molecule has 1 N–H and O–H groups in total. The first-order valence-electron chi connectivity index (χ1n) is 7.84. The number of fused-ring (bicyclic) bond motifs is 1. The minimum Gasteiger partial charge on any atom is -0.459 e. The molecule has 1 aromatic carbocycles. The van der Waals surface area contributed by atoms with E-state index in [0.717, 1.165) is 17.8 Å². The Kier molecular flexibility index (Phi) is 4.21. The van der Waals surface area contributed by atoms with E-state index < -0.39 is 0 Å². The molecule has 1 unspecified atom stereocenters. The van der Waals surface area contributed by atoms with Crippen LogP contribution < -0.4 is 5.32 Å². The highest BCUT2D eigenvalue weighted by Crippen LogP contribution is 2.37. The van der Waals surface area contributed by atoms with Gasteiger partial charge in [-0.25, -0.2) is 0 Å². The molecule has 0 aliphatic rings. The number of furan rings is 1. The van der Waals surface area contributed by atoms with Gasteiger partial charge in [0.25, 0.3) is 0 Å². The minimum absolute atomic E-state index is 0.165. The molecule has 0 aliphatic heterocycles. The maximum absolute atomic E-state index is 5.93. The summed E-state index contributed by atoms with van der Waals surface area (Å²) in [6.07, 6.45) is 1.16. The molecule has 0 saturated heterocycles. The molecule has 0 fully saturated rings. The van der Waals surface area contributed by atoms with Crippen molar-refractivity contribution in [3.63, 3.8) is 0 Å². The summed E-state index contributed by atoms with van der Waals surface area (Å²) in [7, 11) is 1.95. The molecule has 21 heavy (non-hydrogen) atoms. The first-order chi connectivity index (χ1) is 9.62. The van der Waals surface area contributed by atoms with E-state index in [-0.39, 0.29) is 11.5 Å². The number of nitrogens with one attached hydrogen (secondary N) is 1. The predicted molar refractivity (Wildman–Crippen MR) is 90.8 cm³/mol. The molecule has 0 amide bonds. The Hall–Kier alpha value is -1.28. The third kappa shape index (κ3) is 3.68. The van der Waals surface area contributed by atoms with E-state index in [2.05, 4.69) is 71.1 Å². The Bertz CT molecular complexity index is 616. The molecule has 2 rings (SSSR count). The van der Waals surface area contributed by atoms with Crippen LogP contribution in [0, 0.1) is 5.41 Å². The summed E-state index contributed by atoms with van der Waals surface area (Å²) in [4.78, 5) is 0. The van der Waals surface area contributed by atoms with Gasteiger partial charge in [0, 0.05) is 5.39 Å². The first-order valence-corrected chi connectivity index (χ1v) is 7.84. The van der Waals surface area contributed by atoms with Crippen LogP contribution in [0.1, 0.15) is 65.3 Å². The summed E-state index contributed by atoms with van der Waals surface area (Å²) >= 11 is 0. The largest absolute Gasteiger partial charge is 0.459 e. The topological polar surface area (TPSA) is 25.2 Å². The molecular weight excluding hydrogens is 258 g/mol. The third-order valence-corrected chi connectivity index (χ3v) is 4.15. The predicted octanol–water partition coefficient (Wildman–Crippen LogP) is 5.43. The van der Waals surface area contributed by atoms with Crippen LogP contribution in [0.4, 0.5) is 0 Å². The molecule has 0 radical (unpaired) electrons. The van der Waals surface area contributed by atoms with Gasteiger partial charge in [0.1, 0.15) is 11.3 Å². The van der Waals surface area contributed by atoms with Gasteiger partial charge in [0.2, 0.25) is 0 Å². The number of rotatable bonds is 4. The molecule has 116 valence electrons. The van der Waals surface area contributed by atoms with Crippen LogP contribution in [0.5, 0.6) is 0 Å². The average molecular weight is 287 g/mol. The van der Waals surface area contributed by atoms with Gasteiger partial charge in [-0.1, -0.05) is 40.7 Å². The van der Waals surface area contributed by atoms with Crippen LogP contribution in [0.2, 0.25) is 0 Å². The zero-order chi connectivity index (χ0) is 15.8. The molecule has 0 spiro atoms. The standard InChI is InChI=1S/C19H29NO/c1-13(20-7)17-11-14-10-15(8-9-16(14)21-17)19(5,6)12-18(2,3)4/h8-11,13,20H,12H2,1-7H3. The van der Waals surface area contributed by atoms with E-state index in [1.165, 1.54) is 10.9 Å². The van der Waals surface area contributed by atoms with Crippen molar-refractivity contribution in [3.8, 4) is 0 Å². The van der Waals surface area contributed by atoms with Crippen molar-refractivity contribution in [2.24, 2.45) is 5.41 Å². The van der Waals surface area contributed by atoms with Crippen LogP contribution in [0.15, 0.2) is 28.7 Å². The second-order valence-corrected chi connectivity index (χ2v) is 8.03. The van der Waals surface area contributed by atoms with E-state index in [9.17, 15) is 0 Å². The quantitative estimate of drug-likeness (QED) is 0.811. The van der Waals surface area contributed by atoms with Gasteiger partial charge in [0.15, 0.2) is 0 Å². The van der Waals surface area contributed by atoms with E-state index in [0.29, 0.717) is 5.41 Å². The molecule has 0 saturated carbocycles. The molecule has 2 aromatic rings. The molecular formula is C19H29NO. The van der Waals surface area contributed by atoms with Crippen LogP contribution in [-0.2, 0) is 5.41 Å². The van der Waals surface area contributed by atoms with Crippen molar-refractivity contribution in [3.05, 3.63) is 35.6 Å². The first kappa shape index (κ1) is 16.1. The second kappa shape index (κ2) is 5.49. The van der Waals surface area contributed by atoms with Crippen LogP contribution in [0.25, 0.3) is 11.0 Å². The van der Waals surface area contributed by atoms with E-state index in [1.807, 2.05) is 7.05 Å². The highest BCUT2D eigenvalue weighted by Gasteiger charge is 2.27. The van der Waals surface area contributed by atoms with Gasteiger partial charge in [0.05, 0.1) is 6.04 Å². The Morgan fingerprint density at radius 2 is 1.76 bits per heavy atom. The van der Waals surface area contributed by atoms with Gasteiger partial charge in [-0.05, 0) is 55.0 Å². The van der Waals surface area contributed by atoms with E-state index >= 15 is 0 Å². The summed E-state index contributed by atoms with van der Waals surface area (Å²) in [5.41, 5.74) is 2.84. The molecule has 1 atom stereocenters. The van der Waals surface area contributed by atoms with Gasteiger partial charge in [-0.3, -0.25) is 0 Å². The fourth-order valence-electron chi connectivity index (χ4n) is 3.27. The van der Waals surface area contributed by atoms with Gasteiger partial charge >= 0.3 is 0 Å². The lowest BCUT2D eigenvalue weighted by Gasteiger charge is -2.33. The lowest BCUT2D eigenvalue weighted by molar-refractivity contribution is 0.284. The Balaban J connectivity index is 2.38. The zero-order valence-corrected chi connectivity index (χ0v) is 14.5. The molecule has 2 heteroatoms.